The fraction of sp³-hybridized carbons (Fsp3) is 0.750. The molecule has 1 aliphatic rings. The first kappa shape index (κ1) is 13.0. The normalized spacial score (nSPS) is 17.2. The van der Waals surface area contributed by atoms with Gasteiger partial charge in [0.2, 0.25) is 5.89 Å². The molecule has 1 saturated carbocycles. The second-order valence-electron chi connectivity index (χ2n) is 4.31. The van der Waals surface area contributed by atoms with Gasteiger partial charge in [0.15, 0.2) is 5.82 Å². The molecule has 1 aliphatic carbocycles. The molecule has 6 nitrogen and oxygen atoms in total. The van der Waals surface area contributed by atoms with Gasteiger partial charge in [-0.25, -0.2) is 0 Å². The van der Waals surface area contributed by atoms with E-state index in [0.717, 1.165) is 6.42 Å². The second kappa shape index (κ2) is 5.48. The number of hydrogen-bond donors (Lipinski definition) is 0. The van der Waals surface area contributed by atoms with Crippen LogP contribution in [0.2, 0.25) is 0 Å². The third-order valence-corrected chi connectivity index (χ3v) is 3.19. The lowest BCUT2D eigenvalue weighted by Crippen LogP contribution is -2.44. The van der Waals surface area contributed by atoms with Crippen LogP contribution in [0.25, 0.3) is 0 Å². The smallest absolute Gasteiger partial charge is 0.321 e. The number of ether oxygens (including phenoxy) is 2. The first-order valence-corrected chi connectivity index (χ1v) is 6.31. The lowest BCUT2D eigenvalue weighted by atomic mass is 9.68. The lowest BCUT2D eigenvalue weighted by Gasteiger charge is -2.35. The maximum Gasteiger partial charge on any atom is 0.321 e. The Balaban J connectivity index is 2.12. The van der Waals surface area contributed by atoms with Gasteiger partial charge >= 0.3 is 5.97 Å². The van der Waals surface area contributed by atoms with Gasteiger partial charge in [-0.1, -0.05) is 11.6 Å². The van der Waals surface area contributed by atoms with E-state index in [9.17, 15) is 4.79 Å². The van der Waals surface area contributed by atoms with Crippen molar-refractivity contribution in [3.8, 4) is 0 Å². The average molecular weight is 254 g/mol. The highest BCUT2D eigenvalue weighted by atomic mass is 16.5. The highest BCUT2D eigenvalue weighted by molar-refractivity contribution is 5.82. The van der Waals surface area contributed by atoms with Crippen molar-refractivity contribution >= 4 is 5.97 Å². The summed E-state index contributed by atoms with van der Waals surface area (Å²) in [6.07, 6.45) is 2.40. The number of hydrogen-bond acceptors (Lipinski definition) is 6. The van der Waals surface area contributed by atoms with Gasteiger partial charge in [-0.15, -0.1) is 0 Å². The van der Waals surface area contributed by atoms with E-state index >= 15 is 0 Å². The molecule has 0 atom stereocenters. The zero-order chi connectivity index (χ0) is 13.0. The quantitative estimate of drug-likeness (QED) is 0.718. The predicted octanol–water partition coefficient (Wildman–Crippen LogP) is 1.59. The van der Waals surface area contributed by atoms with E-state index in [1.165, 1.54) is 0 Å². The van der Waals surface area contributed by atoms with E-state index < -0.39 is 5.41 Å². The summed E-state index contributed by atoms with van der Waals surface area (Å²) in [4.78, 5) is 16.2. The van der Waals surface area contributed by atoms with Crippen LogP contribution in [-0.2, 0) is 26.3 Å². The highest BCUT2D eigenvalue weighted by Crippen LogP contribution is 2.44. The fourth-order valence-corrected chi connectivity index (χ4v) is 2.01. The molecule has 0 radical (unpaired) electrons. The lowest BCUT2D eigenvalue weighted by molar-refractivity contribution is -0.155. The van der Waals surface area contributed by atoms with Crippen LogP contribution in [0.4, 0.5) is 0 Å². The molecule has 1 aromatic rings. The fourth-order valence-electron chi connectivity index (χ4n) is 2.01. The van der Waals surface area contributed by atoms with Gasteiger partial charge in [0.05, 0.1) is 6.61 Å². The molecule has 0 aliphatic heterocycles. The zero-order valence-electron chi connectivity index (χ0n) is 10.8. The minimum Gasteiger partial charge on any atom is -0.465 e. The van der Waals surface area contributed by atoms with Gasteiger partial charge in [-0.05, 0) is 26.7 Å². The van der Waals surface area contributed by atoms with E-state index in [0.29, 0.717) is 44.4 Å². The molecule has 2 rings (SSSR count). The predicted molar refractivity (Wildman–Crippen MR) is 61.8 cm³/mol. The molecule has 1 heterocycles. The van der Waals surface area contributed by atoms with Crippen LogP contribution in [0.3, 0.4) is 0 Å². The summed E-state index contributed by atoms with van der Waals surface area (Å²) in [6, 6.07) is 0. The standard InChI is InChI=1S/C12H18N2O4/c1-3-16-8-9-13-10(18-14-9)12(6-5-7-12)11(15)17-4-2/h3-8H2,1-2H3. The van der Waals surface area contributed by atoms with Crippen molar-refractivity contribution in [2.75, 3.05) is 13.2 Å². The monoisotopic (exact) mass is 254 g/mol. The Morgan fingerprint density at radius 3 is 2.72 bits per heavy atom. The SMILES string of the molecule is CCOCc1noc(C2(C(=O)OCC)CCC2)n1. The molecule has 1 fully saturated rings. The number of rotatable bonds is 6. The Morgan fingerprint density at radius 1 is 1.39 bits per heavy atom. The molecule has 0 saturated heterocycles. The molecule has 0 bridgehead atoms. The molecule has 0 aromatic carbocycles. The highest BCUT2D eigenvalue weighted by Gasteiger charge is 2.51. The molecule has 1 aromatic heterocycles. The molecule has 100 valence electrons. The largest absolute Gasteiger partial charge is 0.465 e. The average Bonchev–Trinajstić information content (AvgIpc) is 2.74. The summed E-state index contributed by atoms with van der Waals surface area (Å²) < 4.78 is 15.5. The molecule has 18 heavy (non-hydrogen) atoms. The van der Waals surface area contributed by atoms with E-state index in [1.54, 1.807) is 6.92 Å². The van der Waals surface area contributed by atoms with E-state index in [1.807, 2.05) is 6.92 Å². The summed E-state index contributed by atoms with van der Waals surface area (Å²) in [5, 5.41) is 3.83. The molecule has 0 N–H and O–H groups in total. The van der Waals surface area contributed by atoms with Gasteiger partial charge in [-0.2, -0.15) is 4.98 Å². The Kier molecular flexibility index (Phi) is 3.96. The Morgan fingerprint density at radius 2 is 2.17 bits per heavy atom. The first-order chi connectivity index (χ1) is 8.73. The minimum absolute atomic E-state index is 0.261. The minimum atomic E-state index is -0.715. The van der Waals surface area contributed by atoms with Gasteiger partial charge in [-0.3, -0.25) is 4.79 Å². The maximum absolute atomic E-state index is 12.0. The first-order valence-electron chi connectivity index (χ1n) is 6.31. The van der Waals surface area contributed by atoms with Crippen LogP contribution >= 0.6 is 0 Å². The molecule has 0 spiro atoms. The second-order valence-corrected chi connectivity index (χ2v) is 4.31. The Hall–Kier alpha value is -1.43. The van der Waals surface area contributed by atoms with Crippen LogP contribution < -0.4 is 0 Å². The van der Waals surface area contributed by atoms with Crippen molar-refractivity contribution in [2.45, 2.75) is 45.1 Å². The summed E-state index contributed by atoms with van der Waals surface area (Å²) in [7, 11) is 0. The van der Waals surface area contributed by atoms with Crippen LogP contribution in [0.5, 0.6) is 0 Å². The number of aromatic nitrogens is 2. The van der Waals surface area contributed by atoms with Gasteiger partial charge < -0.3 is 14.0 Å². The Bertz CT molecular complexity index is 412. The maximum atomic E-state index is 12.0. The number of nitrogens with zero attached hydrogens (tertiary/aromatic N) is 2. The van der Waals surface area contributed by atoms with Gasteiger partial charge in [0.25, 0.3) is 0 Å². The number of carbonyl (C=O) groups is 1. The van der Waals surface area contributed by atoms with Gasteiger partial charge in [0.1, 0.15) is 12.0 Å². The summed E-state index contributed by atoms with van der Waals surface area (Å²) in [5.41, 5.74) is -0.715. The van der Waals surface area contributed by atoms with Crippen molar-refractivity contribution in [2.24, 2.45) is 0 Å². The van der Waals surface area contributed by atoms with Crippen molar-refractivity contribution in [3.05, 3.63) is 11.7 Å². The van der Waals surface area contributed by atoms with Crippen LogP contribution in [0, 0.1) is 0 Å². The van der Waals surface area contributed by atoms with Crippen molar-refractivity contribution in [1.29, 1.82) is 0 Å². The van der Waals surface area contributed by atoms with E-state index in [4.69, 9.17) is 14.0 Å². The third-order valence-electron chi connectivity index (χ3n) is 3.19. The molecule has 0 amide bonds. The van der Waals surface area contributed by atoms with Crippen LogP contribution in [-0.4, -0.2) is 29.3 Å². The molecular formula is C12H18N2O4. The van der Waals surface area contributed by atoms with E-state index in [-0.39, 0.29) is 5.97 Å². The molecular weight excluding hydrogens is 236 g/mol. The number of carbonyl (C=O) groups excluding carboxylic acids is 1. The van der Waals surface area contributed by atoms with E-state index in [2.05, 4.69) is 10.1 Å². The summed E-state index contributed by atoms with van der Waals surface area (Å²) in [5.74, 6) is 0.576. The topological polar surface area (TPSA) is 74.5 Å². The van der Waals surface area contributed by atoms with Crippen LogP contribution in [0.15, 0.2) is 4.52 Å². The molecule has 0 unspecified atom stereocenters. The van der Waals surface area contributed by atoms with Crippen molar-refractivity contribution in [1.82, 2.24) is 10.1 Å². The van der Waals surface area contributed by atoms with Crippen molar-refractivity contribution < 1.29 is 18.8 Å². The van der Waals surface area contributed by atoms with Crippen molar-refractivity contribution in [3.63, 3.8) is 0 Å². The Labute approximate surface area is 106 Å². The van der Waals surface area contributed by atoms with Crippen LogP contribution in [0.1, 0.15) is 44.8 Å². The summed E-state index contributed by atoms with van der Waals surface area (Å²) >= 11 is 0. The summed E-state index contributed by atoms with van der Waals surface area (Å²) in [6.45, 7) is 4.94. The third kappa shape index (κ3) is 2.25. The molecule has 6 heteroatoms. The zero-order valence-corrected chi connectivity index (χ0v) is 10.8. The number of esters is 1. The van der Waals surface area contributed by atoms with Gasteiger partial charge in [0, 0.05) is 6.61 Å².